The van der Waals surface area contributed by atoms with Gasteiger partial charge in [0, 0.05) is 19.4 Å². The predicted octanol–water partition coefficient (Wildman–Crippen LogP) is 2.26. The Bertz CT molecular complexity index is 524. The van der Waals surface area contributed by atoms with E-state index in [0.29, 0.717) is 5.13 Å². The van der Waals surface area contributed by atoms with Gasteiger partial charge in [0.2, 0.25) is 0 Å². The van der Waals surface area contributed by atoms with Crippen molar-refractivity contribution in [2.45, 2.75) is 6.92 Å². The van der Waals surface area contributed by atoms with Crippen molar-refractivity contribution in [2.75, 3.05) is 12.4 Å². The number of rotatable bonds is 2. The van der Waals surface area contributed by atoms with E-state index in [9.17, 15) is 4.79 Å². The number of aryl methyl sites for hydroxylation is 1. The van der Waals surface area contributed by atoms with E-state index in [0.717, 1.165) is 16.1 Å². The van der Waals surface area contributed by atoms with Crippen molar-refractivity contribution in [3.8, 4) is 10.4 Å². The lowest BCUT2D eigenvalue weighted by molar-refractivity contribution is 0.254. The van der Waals surface area contributed by atoms with Crippen LogP contribution in [0.25, 0.3) is 10.4 Å². The normalized spacial score (nSPS) is 10.0. The van der Waals surface area contributed by atoms with E-state index in [1.54, 1.807) is 19.4 Å². The fraction of sp³-hybridized carbons (Fsp3) is 0.182. The number of hydrogen-bond acceptors (Lipinski definition) is 4. The van der Waals surface area contributed by atoms with E-state index in [2.05, 4.69) is 20.6 Å². The first-order chi connectivity index (χ1) is 8.20. The summed E-state index contributed by atoms with van der Waals surface area (Å²) in [6.07, 6.45) is 3.47. The maximum absolute atomic E-state index is 11.2. The van der Waals surface area contributed by atoms with Gasteiger partial charge in [-0.25, -0.2) is 9.78 Å². The quantitative estimate of drug-likeness (QED) is 0.856. The molecule has 17 heavy (non-hydrogen) atoms. The number of nitrogens with zero attached hydrogens (tertiary/aromatic N) is 2. The van der Waals surface area contributed by atoms with Crippen LogP contribution in [0.15, 0.2) is 24.5 Å². The molecule has 0 unspecified atom stereocenters. The summed E-state index contributed by atoms with van der Waals surface area (Å²) in [7, 11) is 1.57. The molecular formula is C11H12N4OS. The molecule has 88 valence electrons. The molecule has 2 heterocycles. The first-order valence-corrected chi connectivity index (χ1v) is 5.89. The largest absolute Gasteiger partial charge is 0.341 e. The zero-order valence-electron chi connectivity index (χ0n) is 9.52. The van der Waals surface area contributed by atoms with Crippen LogP contribution in [0.5, 0.6) is 0 Å². The number of pyridine rings is 1. The maximum atomic E-state index is 11.2. The number of nitrogens with one attached hydrogen (secondary N) is 2. The average molecular weight is 248 g/mol. The van der Waals surface area contributed by atoms with Gasteiger partial charge in [0.25, 0.3) is 0 Å². The topological polar surface area (TPSA) is 66.9 Å². The monoisotopic (exact) mass is 248 g/mol. The number of urea groups is 1. The van der Waals surface area contributed by atoms with Crippen molar-refractivity contribution in [2.24, 2.45) is 0 Å². The molecule has 0 spiro atoms. The van der Waals surface area contributed by atoms with Gasteiger partial charge in [0.15, 0.2) is 5.13 Å². The molecule has 0 aliphatic rings. The first-order valence-electron chi connectivity index (χ1n) is 5.07. The third kappa shape index (κ3) is 2.59. The molecule has 2 rings (SSSR count). The number of carbonyl (C=O) groups is 1. The van der Waals surface area contributed by atoms with Crippen LogP contribution in [0.3, 0.4) is 0 Å². The van der Waals surface area contributed by atoms with Crippen LogP contribution >= 0.6 is 11.3 Å². The van der Waals surface area contributed by atoms with Gasteiger partial charge in [-0.15, -0.1) is 0 Å². The Morgan fingerprint density at radius 2 is 2.06 bits per heavy atom. The van der Waals surface area contributed by atoms with E-state index in [4.69, 9.17) is 0 Å². The highest BCUT2D eigenvalue weighted by molar-refractivity contribution is 7.19. The minimum atomic E-state index is -0.264. The zero-order valence-corrected chi connectivity index (χ0v) is 10.3. The molecule has 0 fully saturated rings. The second kappa shape index (κ2) is 4.92. The smallest absolute Gasteiger partial charge is 0.320 e. The molecule has 2 aromatic heterocycles. The van der Waals surface area contributed by atoms with Crippen molar-refractivity contribution in [3.05, 3.63) is 30.2 Å². The minimum absolute atomic E-state index is 0.264. The molecule has 6 heteroatoms. The van der Waals surface area contributed by atoms with E-state index in [1.165, 1.54) is 11.3 Å². The Labute approximate surface area is 103 Å². The fourth-order valence-corrected chi connectivity index (χ4v) is 2.35. The summed E-state index contributed by atoms with van der Waals surface area (Å²) in [6.45, 7) is 1.92. The molecule has 2 aromatic rings. The van der Waals surface area contributed by atoms with Crippen molar-refractivity contribution >= 4 is 22.5 Å². The number of hydrogen-bond donors (Lipinski definition) is 2. The van der Waals surface area contributed by atoms with Crippen molar-refractivity contribution < 1.29 is 4.79 Å². The van der Waals surface area contributed by atoms with E-state index in [1.807, 2.05) is 19.1 Å². The molecule has 0 aliphatic carbocycles. The molecule has 0 atom stereocenters. The minimum Gasteiger partial charge on any atom is -0.341 e. The SMILES string of the molecule is CNC(=O)Nc1nc(C)c(-c2ccncc2)s1. The number of aromatic nitrogens is 2. The highest BCUT2D eigenvalue weighted by Crippen LogP contribution is 2.32. The Kier molecular flexibility index (Phi) is 3.34. The molecule has 0 saturated heterocycles. The summed E-state index contributed by atoms with van der Waals surface area (Å²) in [5.74, 6) is 0. The molecule has 0 radical (unpaired) electrons. The molecule has 2 amide bonds. The highest BCUT2D eigenvalue weighted by Gasteiger charge is 2.10. The number of thiazole rings is 1. The Hall–Kier alpha value is -1.95. The van der Waals surface area contributed by atoms with Crippen molar-refractivity contribution in [1.29, 1.82) is 0 Å². The summed E-state index contributed by atoms with van der Waals surface area (Å²) < 4.78 is 0. The third-order valence-electron chi connectivity index (χ3n) is 2.19. The predicted molar refractivity (Wildman–Crippen MR) is 68.2 cm³/mol. The lowest BCUT2D eigenvalue weighted by Gasteiger charge is -1.98. The van der Waals surface area contributed by atoms with Gasteiger partial charge in [-0.2, -0.15) is 0 Å². The fourth-order valence-electron chi connectivity index (χ4n) is 1.38. The zero-order chi connectivity index (χ0) is 12.3. The van der Waals surface area contributed by atoms with Gasteiger partial charge in [-0.05, 0) is 24.6 Å². The van der Waals surface area contributed by atoms with Gasteiger partial charge < -0.3 is 5.32 Å². The molecule has 0 bridgehead atoms. The summed E-state index contributed by atoms with van der Waals surface area (Å²) in [5, 5.41) is 5.74. The van der Waals surface area contributed by atoms with Gasteiger partial charge >= 0.3 is 6.03 Å². The van der Waals surface area contributed by atoms with Gasteiger partial charge in [0.05, 0.1) is 10.6 Å². The third-order valence-corrected chi connectivity index (χ3v) is 3.31. The average Bonchev–Trinajstić information content (AvgIpc) is 2.71. The number of anilines is 1. The van der Waals surface area contributed by atoms with Crippen molar-refractivity contribution in [1.82, 2.24) is 15.3 Å². The summed E-state index contributed by atoms with van der Waals surface area (Å²) in [4.78, 5) is 20.5. The molecule has 5 nitrogen and oxygen atoms in total. The van der Waals surface area contributed by atoms with Crippen LogP contribution < -0.4 is 10.6 Å². The molecule has 0 saturated carbocycles. The van der Waals surface area contributed by atoms with Crippen LogP contribution in [0, 0.1) is 6.92 Å². The van der Waals surface area contributed by atoms with Crippen LogP contribution in [0.1, 0.15) is 5.69 Å². The number of carbonyl (C=O) groups excluding carboxylic acids is 1. The first kappa shape index (κ1) is 11.5. The van der Waals surface area contributed by atoms with Gasteiger partial charge in [0.1, 0.15) is 0 Å². The van der Waals surface area contributed by atoms with Gasteiger partial charge in [-0.1, -0.05) is 11.3 Å². The standard InChI is InChI=1S/C11H12N4OS/c1-7-9(8-3-5-13-6-4-8)17-11(14-7)15-10(16)12-2/h3-6H,1-2H3,(H2,12,14,15,16). The lowest BCUT2D eigenvalue weighted by Crippen LogP contribution is -2.24. The summed E-state index contributed by atoms with van der Waals surface area (Å²) in [5.41, 5.74) is 1.95. The number of amides is 2. The summed E-state index contributed by atoms with van der Waals surface area (Å²) >= 11 is 1.45. The Balaban J connectivity index is 2.28. The second-order valence-corrected chi connectivity index (χ2v) is 4.37. The van der Waals surface area contributed by atoms with E-state index >= 15 is 0 Å². The Morgan fingerprint density at radius 1 is 1.35 bits per heavy atom. The summed E-state index contributed by atoms with van der Waals surface area (Å²) in [6, 6.07) is 3.58. The lowest BCUT2D eigenvalue weighted by atomic mass is 10.2. The highest BCUT2D eigenvalue weighted by atomic mass is 32.1. The van der Waals surface area contributed by atoms with Crippen LogP contribution in [0.2, 0.25) is 0 Å². The van der Waals surface area contributed by atoms with Gasteiger partial charge in [-0.3, -0.25) is 10.3 Å². The van der Waals surface area contributed by atoms with Crippen LogP contribution in [-0.2, 0) is 0 Å². The maximum Gasteiger partial charge on any atom is 0.320 e. The molecule has 0 aliphatic heterocycles. The Morgan fingerprint density at radius 3 is 2.71 bits per heavy atom. The van der Waals surface area contributed by atoms with Crippen LogP contribution in [0.4, 0.5) is 9.93 Å². The second-order valence-electron chi connectivity index (χ2n) is 3.37. The molecule has 2 N–H and O–H groups in total. The van der Waals surface area contributed by atoms with E-state index in [-0.39, 0.29) is 6.03 Å². The van der Waals surface area contributed by atoms with Crippen molar-refractivity contribution in [3.63, 3.8) is 0 Å². The van der Waals surface area contributed by atoms with E-state index < -0.39 is 0 Å². The van der Waals surface area contributed by atoms with Crippen LogP contribution in [-0.4, -0.2) is 23.0 Å². The molecule has 0 aromatic carbocycles. The molecular weight excluding hydrogens is 236 g/mol.